The predicted molar refractivity (Wildman–Crippen MR) is 88.1 cm³/mol. The lowest BCUT2D eigenvalue weighted by Gasteiger charge is -2.31. The first-order chi connectivity index (χ1) is 11.1. The lowest BCUT2D eigenvalue weighted by Crippen LogP contribution is -2.41. The molecule has 0 saturated carbocycles. The van der Waals surface area contributed by atoms with Crippen LogP contribution in [-0.4, -0.2) is 33.4 Å². The molecule has 2 aromatic rings. The van der Waals surface area contributed by atoms with E-state index in [2.05, 4.69) is 14.7 Å². The van der Waals surface area contributed by atoms with Gasteiger partial charge in [-0.15, -0.1) is 0 Å². The molecule has 5 nitrogen and oxygen atoms in total. The third-order valence-electron chi connectivity index (χ3n) is 4.08. The first-order valence-corrected chi connectivity index (χ1v) is 8.48. The number of carbonyl (C=O) groups excluding carboxylic acids is 1. The van der Waals surface area contributed by atoms with Crippen LogP contribution in [0.15, 0.2) is 24.3 Å². The third-order valence-corrected chi connectivity index (χ3v) is 4.80. The summed E-state index contributed by atoms with van der Waals surface area (Å²) in [5.74, 6) is 1.00. The van der Waals surface area contributed by atoms with Crippen LogP contribution in [0.25, 0.3) is 0 Å². The monoisotopic (exact) mass is 334 g/mol. The minimum absolute atomic E-state index is 0.110. The highest BCUT2D eigenvalue weighted by atomic mass is 32.1. The first-order valence-electron chi connectivity index (χ1n) is 7.71. The fourth-order valence-corrected chi connectivity index (χ4v) is 3.38. The van der Waals surface area contributed by atoms with Gasteiger partial charge in [0.1, 0.15) is 11.6 Å². The van der Waals surface area contributed by atoms with Gasteiger partial charge < -0.3 is 4.90 Å². The van der Waals surface area contributed by atoms with Crippen LogP contribution in [0.5, 0.6) is 0 Å². The molecule has 23 heavy (non-hydrogen) atoms. The van der Waals surface area contributed by atoms with Crippen LogP contribution in [0.4, 0.5) is 14.3 Å². The summed E-state index contributed by atoms with van der Waals surface area (Å²) in [5, 5.41) is 3.34. The number of likely N-dealkylation sites (tertiary alicyclic amines) is 1. The quantitative estimate of drug-likeness (QED) is 0.935. The van der Waals surface area contributed by atoms with Gasteiger partial charge in [0.25, 0.3) is 0 Å². The summed E-state index contributed by atoms with van der Waals surface area (Å²) in [4.78, 5) is 18.2. The van der Waals surface area contributed by atoms with Crippen molar-refractivity contribution in [3.8, 4) is 0 Å². The van der Waals surface area contributed by atoms with E-state index in [4.69, 9.17) is 0 Å². The maximum atomic E-state index is 12.9. The number of aromatic nitrogens is 2. The highest BCUT2D eigenvalue weighted by Crippen LogP contribution is 2.22. The van der Waals surface area contributed by atoms with E-state index in [1.807, 2.05) is 17.0 Å². The Kier molecular flexibility index (Phi) is 4.85. The molecule has 0 spiro atoms. The summed E-state index contributed by atoms with van der Waals surface area (Å²) in [6.07, 6.45) is 2.85. The molecular formula is C16H19FN4OS. The molecule has 0 aliphatic carbocycles. The zero-order chi connectivity index (χ0) is 16.2. The smallest absolute Gasteiger partial charge is 0.323 e. The maximum Gasteiger partial charge on any atom is 0.323 e. The van der Waals surface area contributed by atoms with Gasteiger partial charge in [-0.2, -0.15) is 4.37 Å². The van der Waals surface area contributed by atoms with Gasteiger partial charge in [-0.25, -0.2) is 14.2 Å². The molecule has 0 radical (unpaired) electrons. The number of carbonyl (C=O) groups is 1. The Bertz CT molecular complexity index is 665. The van der Waals surface area contributed by atoms with Gasteiger partial charge in [0.15, 0.2) is 0 Å². The van der Waals surface area contributed by atoms with Gasteiger partial charge in [-0.1, -0.05) is 12.1 Å². The number of benzene rings is 1. The van der Waals surface area contributed by atoms with Crippen molar-refractivity contribution in [3.05, 3.63) is 41.5 Å². The van der Waals surface area contributed by atoms with Gasteiger partial charge in [0, 0.05) is 24.6 Å². The Hall–Kier alpha value is -2.02. The van der Waals surface area contributed by atoms with E-state index < -0.39 is 0 Å². The number of hydrogen-bond donors (Lipinski definition) is 1. The Morgan fingerprint density at radius 3 is 2.65 bits per heavy atom. The molecule has 1 N–H and O–H groups in total. The predicted octanol–water partition coefficient (Wildman–Crippen LogP) is 3.47. The van der Waals surface area contributed by atoms with Crippen molar-refractivity contribution < 1.29 is 9.18 Å². The van der Waals surface area contributed by atoms with Crippen LogP contribution in [0, 0.1) is 18.7 Å². The molecule has 1 fully saturated rings. The highest BCUT2D eigenvalue weighted by molar-refractivity contribution is 7.09. The van der Waals surface area contributed by atoms with E-state index in [1.54, 1.807) is 6.92 Å². The number of nitrogens with zero attached hydrogens (tertiary/aromatic N) is 3. The topological polar surface area (TPSA) is 58.1 Å². The zero-order valence-corrected chi connectivity index (χ0v) is 13.8. The lowest BCUT2D eigenvalue weighted by atomic mass is 9.90. The Balaban J connectivity index is 1.48. The number of piperidine rings is 1. The Morgan fingerprint density at radius 2 is 2.04 bits per heavy atom. The highest BCUT2D eigenvalue weighted by Gasteiger charge is 2.23. The second kappa shape index (κ2) is 7.04. The summed E-state index contributed by atoms with van der Waals surface area (Å²) in [5.41, 5.74) is 1.15. The largest absolute Gasteiger partial charge is 0.324 e. The average Bonchev–Trinajstić information content (AvgIpc) is 2.95. The van der Waals surface area contributed by atoms with Crippen molar-refractivity contribution in [2.75, 3.05) is 18.4 Å². The summed E-state index contributed by atoms with van der Waals surface area (Å²) in [6, 6.07) is 6.57. The molecule has 2 amide bonds. The van der Waals surface area contributed by atoms with E-state index in [-0.39, 0.29) is 11.8 Å². The van der Waals surface area contributed by atoms with Crippen LogP contribution >= 0.6 is 11.5 Å². The Labute approximate surface area is 138 Å². The number of amides is 2. The van der Waals surface area contributed by atoms with Crippen LogP contribution < -0.4 is 5.32 Å². The molecule has 0 atom stereocenters. The van der Waals surface area contributed by atoms with Crippen molar-refractivity contribution >= 4 is 22.7 Å². The average molecular weight is 334 g/mol. The molecule has 7 heteroatoms. The molecule has 122 valence electrons. The molecule has 1 aliphatic rings. The number of rotatable bonds is 3. The second-order valence-electron chi connectivity index (χ2n) is 5.84. The molecule has 3 rings (SSSR count). The number of anilines is 1. The van der Waals surface area contributed by atoms with Gasteiger partial charge in [-0.3, -0.25) is 5.32 Å². The SMILES string of the molecule is Cc1nsc(NC(=O)N2CCC(Cc3ccc(F)cc3)CC2)n1. The van der Waals surface area contributed by atoms with E-state index in [9.17, 15) is 9.18 Å². The van der Waals surface area contributed by atoms with Gasteiger partial charge in [0.2, 0.25) is 5.13 Å². The van der Waals surface area contributed by atoms with Gasteiger partial charge >= 0.3 is 6.03 Å². The van der Waals surface area contributed by atoms with E-state index in [0.29, 0.717) is 16.9 Å². The molecule has 1 saturated heterocycles. The van der Waals surface area contributed by atoms with E-state index >= 15 is 0 Å². The summed E-state index contributed by atoms with van der Waals surface area (Å²) in [7, 11) is 0. The second-order valence-corrected chi connectivity index (χ2v) is 6.59. The maximum absolute atomic E-state index is 12.9. The molecular weight excluding hydrogens is 315 g/mol. The molecule has 1 aromatic carbocycles. The molecule has 1 aromatic heterocycles. The summed E-state index contributed by atoms with van der Waals surface area (Å²) < 4.78 is 17.0. The normalized spacial score (nSPS) is 15.7. The summed E-state index contributed by atoms with van der Waals surface area (Å²) >= 11 is 1.19. The van der Waals surface area contributed by atoms with Crippen molar-refractivity contribution in [2.24, 2.45) is 5.92 Å². The number of hydrogen-bond acceptors (Lipinski definition) is 4. The van der Waals surface area contributed by atoms with E-state index in [0.717, 1.165) is 37.9 Å². The molecule has 1 aliphatic heterocycles. The number of halogens is 1. The third kappa shape index (κ3) is 4.25. The Morgan fingerprint density at radius 1 is 1.35 bits per heavy atom. The summed E-state index contributed by atoms with van der Waals surface area (Å²) in [6.45, 7) is 3.26. The lowest BCUT2D eigenvalue weighted by molar-refractivity contribution is 0.182. The minimum atomic E-state index is -0.202. The van der Waals surface area contributed by atoms with Crippen LogP contribution in [0.3, 0.4) is 0 Å². The van der Waals surface area contributed by atoms with Crippen molar-refractivity contribution in [3.63, 3.8) is 0 Å². The number of nitrogens with one attached hydrogen (secondary N) is 1. The molecule has 0 unspecified atom stereocenters. The fraction of sp³-hybridized carbons (Fsp3) is 0.438. The standard InChI is InChI=1S/C16H19FN4OS/c1-11-18-15(23-20-11)19-16(22)21-8-6-13(7-9-21)10-12-2-4-14(17)5-3-12/h2-5,13H,6-10H2,1H3,(H,18,19,20,22). The number of aryl methyl sites for hydroxylation is 1. The zero-order valence-electron chi connectivity index (χ0n) is 13.0. The van der Waals surface area contributed by atoms with Crippen molar-refractivity contribution in [2.45, 2.75) is 26.2 Å². The number of urea groups is 1. The first kappa shape index (κ1) is 15.9. The molecule has 2 heterocycles. The van der Waals surface area contributed by atoms with Crippen LogP contribution in [0.2, 0.25) is 0 Å². The fourth-order valence-electron chi connectivity index (χ4n) is 2.81. The van der Waals surface area contributed by atoms with Crippen LogP contribution in [-0.2, 0) is 6.42 Å². The van der Waals surface area contributed by atoms with Crippen molar-refractivity contribution in [1.82, 2.24) is 14.3 Å². The van der Waals surface area contributed by atoms with Gasteiger partial charge in [-0.05, 0) is 49.8 Å². The van der Waals surface area contributed by atoms with Crippen LogP contribution in [0.1, 0.15) is 24.2 Å². The van der Waals surface area contributed by atoms with E-state index in [1.165, 1.54) is 23.7 Å². The van der Waals surface area contributed by atoms with Crippen molar-refractivity contribution in [1.29, 1.82) is 0 Å². The van der Waals surface area contributed by atoms with Gasteiger partial charge in [0.05, 0.1) is 0 Å². The minimum Gasteiger partial charge on any atom is -0.324 e. The molecule has 0 bridgehead atoms.